The summed E-state index contributed by atoms with van der Waals surface area (Å²) < 4.78 is 0. The maximum atomic E-state index is 11.9. The Kier molecular flexibility index (Phi) is 5.05. The zero-order valence-electron chi connectivity index (χ0n) is 9.91. The van der Waals surface area contributed by atoms with Gasteiger partial charge in [0.1, 0.15) is 0 Å². The lowest BCUT2D eigenvalue weighted by Gasteiger charge is -2.34. The first-order valence-corrected chi connectivity index (χ1v) is 5.83. The van der Waals surface area contributed by atoms with Crippen molar-refractivity contribution >= 4 is 5.91 Å². The van der Waals surface area contributed by atoms with Crippen LogP contribution in [0.4, 0.5) is 0 Å². The number of carbonyl (C=O) groups excluding carboxylic acids is 1. The van der Waals surface area contributed by atoms with Crippen LogP contribution in [0.3, 0.4) is 0 Å². The van der Waals surface area contributed by atoms with Gasteiger partial charge >= 0.3 is 0 Å². The minimum Gasteiger partial charge on any atom is -0.339 e. The number of hydrogen-bond acceptors (Lipinski definition) is 3. The Bertz CT molecular complexity index is 208. The van der Waals surface area contributed by atoms with Crippen LogP contribution >= 0.6 is 0 Å². The van der Waals surface area contributed by atoms with Gasteiger partial charge in [-0.3, -0.25) is 9.69 Å². The summed E-state index contributed by atoms with van der Waals surface area (Å²) in [6, 6.07) is 0.414. The largest absolute Gasteiger partial charge is 0.339 e. The summed E-state index contributed by atoms with van der Waals surface area (Å²) in [5.41, 5.74) is 5.44. The van der Waals surface area contributed by atoms with E-state index in [2.05, 4.69) is 6.92 Å². The first-order valence-electron chi connectivity index (χ1n) is 5.83. The lowest BCUT2D eigenvalue weighted by molar-refractivity contribution is -0.135. The van der Waals surface area contributed by atoms with Crippen LogP contribution < -0.4 is 5.73 Å². The van der Waals surface area contributed by atoms with E-state index in [9.17, 15) is 4.79 Å². The van der Waals surface area contributed by atoms with E-state index in [1.807, 2.05) is 16.8 Å². The van der Waals surface area contributed by atoms with E-state index in [-0.39, 0.29) is 5.91 Å². The van der Waals surface area contributed by atoms with Gasteiger partial charge in [0, 0.05) is 25.7 Å². The second-order valence-corrected chi connectivity index (χ2v) is 4.46. The molecular formula is C11H23N3O. The quantitative estimate of drug-likeness (QED) is 0.729. The topological polar surface area (TPSA) is 49.6 Å². The van der Waals surface area contributed by atoms with E-state index in [4.69, 9.17) is 5.73 Å². The van der Waals surface area contributed by atoms with Crippen molar-refractivity contribution in [3.05, 3.63) is 0 Å². The average molecular weight is 213 g/mol. The van der Waals surface area contributed by atoms with Gasteiger partial charge in [0.05, 0.1) is 6.54 Å². The van der Waals surface area contributed by atoms with Crippen LogP contribution in [0.15, 0.2) is 0 Å². The first kappa shape index (κ1) is 12.5. The van der Waals surface area contributed by atoms with Crippen LogP contribution in [-0.4, -0.2) is 55.0 Å². The zero-order valence-corrected chi connectivity index (χ0v) is 9.91. The minimum atomic E-state index is 0.248. The second kappa shape index (κ2) is 6.08. The number of carbonyl (C=O) groups is 1. The molecule has 15 heavy (non-hydrogen) atoms. The highest BCUT2D eigenvalue weighted by Gasteiger charge is 2.23. The Morgan fingerprint density at radius 3 is 2.87 bits per heavy atom. The summed E-state index contributed by atoms with van der Waals surface area (Å²) in [5, 5.41) is 0. The van der Waals surface area contributed by atoms with Crippen molar-refractivity contribution in [1.29, 1.82) is 0 Å². The predicted molar refractivity (Wildman–Crippen MR) is 61.6 cm³/mol. The average Bonchev–Trinajstić information content (AvgIpc) is 2.18. The molecule has 4 nitrogen and oxygen atoms in total. The molecule has 0 aromatic rings. The third-order valence-corrected chi connectivity index (χ3v) is 3.04. The molecule has 88 valence electrons. The summed E-state index contributed by atoms with van der Waals surface area (Å²) in [6.07, 6.45) is 3.55. The Balaban J connectivity index is 2.37. The van der Waals surface area contributed by atoms with E-state index >= 15 is 0 Å². The minimum absolute atomic E-state index is 0.248. The maximum Gasteiger partial charge on any atom is 0.236 e. The summed E-state index contributed by atoms with van der Waals surface area (Å²) in [4.78, 5) is 15.9. The van der Waals surface area contributed by atoms with Crippen molar-refractivity contribution in [2.75, 3.05) is 33.2 Å². The monoisotopic (exact) mass is 213 g/mol. The molecule has 1 saturated heterocycles. The van der Waals surface area contributed by atoms with E-state index in [0.29, 0.717) is 19.1 Å². The molecule has 2 N–H and O–H groups in total. The number of piperidine rings is 1. The van der Waals surface area contributed by atoms with Crippen LogP contribution in [0.2, 0.25) is 0 Å². The fraction of sp³-hybridized carbons (Fsp3) is 0.909. The number of rotatable bonds is 4. The van der Waals surface area contributed by atoms with E-state index in [1.165, 1.54) is 6.42 Å². The smallest absolute Gasteiger partial charge is 0.236 e. The van der Waals surface area contributed by atoms with Crippen molar-refractivity contribution in [1.82, 2.24) is 9.80 Å². The van der Waals surface area contributed by atoms with Crippen molar-refractivity contribution in [3.8, 4) is 0 Å². The van der Waals surface area contributed by atoms with Gasteiger partial charge < -0.3 is 10.6 Å². The molecule has 0 aromatic heterocycles. The van der Waals surface area contributed by atoms with Crippen LogP contribution in [0.5, 0.6) is 0 Å². The van der Waals surface area contributed by atoms with Gasteiger partial charge in [-0.15, -0.1) is 0 Å². The van der Waals surface area contributed by atoms with E-state index < -0.39 is 0 Å². The van der Waals surface area contributed by atoms with Gasteiger partial charge in [0.2, 0.25) is 5.91 Å². The molecule has 0 spiro atoms. The highest BCUT2D eigenvalue weighted by Crippen LogP contribution is 2.16. The molecule has 1 atom stereocenters. The van der Waals surface area contributed by atoms with Crippen molar-refractivity contribution in [2.45, 2.75) is 32.2 Å². The molecule has 1 aliphatic rings. The molecule has 0 saturated carbocycles. The molecule has 1 amide bonds. The Morgan fingerprint density at radius 1 is 1.53 bits per heavy atom. The van der Waals surface area contributed by atoms with Gasteiger partial charge in [0.15, 0.2) is 0 Å². The number of amides is 1. The van der Waals surface area contributed by atoms with Crippen LogP contribution in [-0.2, 0) is 4.79 Å². The number of likely N-dealkylation sites (tertiary alicyclic amines) is 1. The summed E-state index contributed by atoms with van der Waals surface area (Å²) in [6.45, 7) is 4.96. The maximum absolute atomic E-state index is 11.9. The Morgan fingerprint density at radius 2 is 2.27 bits per heavy atom. The van der Waals surface area contributed by atoms with Gasteiger partial charge in [-0.25, -0.2) is 0 Å². The van der Waals surface area contributed by atoms with Crippen LogP contribution in [0.1, 0.15) is 26.2 Å². The normalized spacial score (nSPS) is 22.1. The lowest BCUT2D eigenvalue weighted by atomic mass is 10.0. The van der Waals surface area contributed by atoms with E-state index in [1.54, 1.807) is 0 Å². The van der Waals surface area contributed by atoms with Gasteiger partial charge in [-0.1, -0.05) is 0 Å². The van der Waals surface area contributed by atoms with Crippen molar-refractivity contribution in [2.24, 2.45) is 5.73 Å². The number of nitrogens with zero attached hydrogens (tertiary/aromatic N) is 2. The van der Waals surface area contributed by atoms with Crippen molar-refractivity contribution in [3.63, 3.8) is 0 Å². The molecular weight excluding hydrogens is 190 g/mol. The third-order valence-electron chi connectivity index (χ3n) is 3.04. The number of nitrogens with two attached hydrogens (primary N) is 1. The molecule has 0 aliphatic carbocycles. The molecule has 1 fully saturated rings. The zero-order chi connectivity index (χ0) is 11.3. The first-order chi connectivity index (χ1) is 7.15. The van der Waals surface area contributed by atoms with Gasteiger partial charge in [-0.2, -0.15) is 0 Å². The predicted octanol–water partition coefficient (Wildman–Crippen LogP) is 0.278. The van der Waals surface area contributed by atoms with Crippen LogP contribution in [0.25, 0.3) is 0 Å². The van der Waals surface area contributed by atoms with Gasteiger partial charge in [0.25, 0.3) is 0 Å². The van der Waals surface area contributed by atoms with Crippen LogP contribution in [0, 0.1) is 0 Å². The molecule has 0 bridgehead atoms. The molecule has 0 aromatic carbocycles. The van der Waals surface area contributed by atoms with Gasteiger partial charge in [-0.05, 0) is 33.2 Å². The highest BCUT2D eigenvalue weighted by atomic mass is 16.2. The number of likely N-dealkylation sites (N-methyl/N-ethyl adjacent to an activating group) is 1. The molecule has 1 unspecified atom stereocenters. The SMILES string of the molecule is CC1CCCCN1C(=O)CN(C)CCN. The second-order valence-electron chi connectivity index (χ2n) is 4.46. The fourth-order valence-corrected chi connectivity index (χ4v) is 2.09. The molecule has 0 radical (unpaired) electrons. The molecule has 1 rings (SSSR count). The van der Waals surface area contributed by atoms with E-state index in [0.717, 1.165) is 25.9 Å². The molecule has 1 aliphatic heterocycles. The standard InChI is InChI=1S/C11H23N3O/c1-10-5-3-4-7-14(10)11(15)9-13(2)8-6-12/h10H,3-9,12H2,1-2H3. The Labute approximate surface area is 92.4 Å². The summed E-state index contributed by atoms with van der Waals surface area (Å²) in [7, 11) is 1.94. The number of hydrogen-bond donors (Lipinski definition) is 1. The molecule has 4 heteroatoms. The lowest BCUT2D eigenvalue weighted by Crippen LogP contribution is -2.46. The Hall–Kier alpha value is -0.610. The summed E-state index contributed by atoms with van der Waals surface area (Å²) >= 11 is 0. The fourth-order valence-electron chi connectivity index (χ4n) is 2.09. The molecule has 1 heterocycles. The summed E-state index contributed by atoms with van der Waals surface area (Å²) in [5.74, 6) is 0.248. The highest BCUT2D eigenvalue weighted by molar-refractivity contribution is 5.78. The third kappa shape index (κ3) is 3.80. The van der Waals surface area contributed by atoms with Crippen molar-refractivity contribution < 1.29 is 4.79 Å².